The smallest absolute Gasteiger partial charge is 0.0489 e. The summed E-state index contributed by atoms with van der Waals surface area (Å²) in [5.74, 6) is 2.15. The fourth-order valence-electron chi connectivity index (χ4n) is 1.83. The van der Waals surface area contributed by atoms with E-state index in [0.717, 1.165) is 16.9 Å². The zero-order chi connectivity index (χ0) is 14.9. The van der Waals surface area contributed by atoms with Crippen molar-refractivity contribution < 1.29 is 9.69 Å². The molecule has 2 aromatic carbocycles. The van der Waals surface area contributed by atoms with Crippen LogP contribution in [-0.2, 0) is 22.3 Å². The van der Waals surface area contributed by atoms with Crippen molar-refractivity contribution in [3.05, 3.63) is 78.4 Å². The lowest BCUT2D eigenvalue weighted by Gasteiger charge is -2.05. The van der Waals surface area contributed by atoms with E-state index in [2.05, 4.69) is 18.7 Å². The number of benzene rings is 2. The summed E-state index contributed by atoms with van der Waals surface area (Å²) in [6.45, 7) is 3.71. The van der Waals surface area contributed by atoms with Crippen molar-refractivity contribution in [1.82, 2.24) is 0 Å². The fraction of sp³-hybridized carbons (Fsp3) is 0.176. The molecule has 5 heteroatoms. The van der Waals surface area contributed by atoms with Crippen molar-refractivity contribution in [1.29, 1.82) is 0 Å². The first-order valence-electron chi connectivity index (χ1n) is 6.66. The van der Waals surface area contributed by atoms with Crippen molar-refractivity contribution in [2.75, 3.05) is 5.75 Å². The third kappa shape index (κ3) is 6.83. The molecule has 2 rings (SSSR count). The molecule has 0 heterocycles. The largest absolute Gasteiger partial charge is 0.412 e. The molecule has 1 atom stereocenters. The zero-order valence-electron chi connectivity index (χ0n) is 12.2. The van der Waals surface area contributed by atoms with Crippen LogP contribution in [0.1, 0.15) is 11.1 Å². The summed E-state index contributed by atoms with van der Waals surface area (Å²) in [6.07, 6.45) is 1.90. The molecule has 0 aliphatic heterocycles. The molecule has 2 aromatic rings. The first kappa shape index (κ1) is 19.0. The lowest BCUT2D eigenvalue weighted by molar-refractivity contribution is 0.682. The van der Waals surface area contributed by atoms with Gasteiger partial charge < -0.3 is 5.48 Å². The summed E-state index contributed by atoms with van der Waals surface area (Å²) >= 11 is 0. The van der Waals surface area contributed by atoms with E-state index in [4.69, 9.17) is 0 Å². The Hall–Kier alpha value is -1.01. The summed E-state index contributed by atoms with van der Waals surface area (Å²) in [5, 5.41) is 0. The lowest BCUT2D eigenvalue weighted by Crippen LogP contribution is -1.99. The van der Waals surface area contributed by atoms with Crippen molar-refractivity contribution in [2.24, 2.45) is 0 Å². The van der Waals surface area contributed by atoms with Crippen LogP contribution < -0.4 is 0 Å². The van der Waals surface area contributed by atoms with Gasteiger partial charge in [0.05, 0.1) is 0 Å². The topological polar surface area (TPSA) is 48.6 Å². The fourth-order valence-corrected chi connectivity index (χ4v) is 4.90. The first-order valence-corrected chi connectivity index (χ1v) is 10.5. The van der Waals surface area contributed by atoms with E-state index < -0.39 is 10.8 Å². The zero-order valence-corrected chi connectivity index (χ0v) is 14.7. The molecule has 118 valence electrons. The minimum absolute atomic E-state index is 0. The minimum Gasteiger partial charge on any atom is -0.412 e. The standard InChI is InChI=1S/C17H18OS3.H2O/c1-2-11-19-20-17-10-6-9-16(12-17)14-21(18)13-15-7-4-3-5-8-15;/h2-10,12H,1,11,13-14H2;1H2. The molecule has 2 nitrogen and oxygen atoms in total. The lowest BCUT2D eigenvalue weighted by atomic mass is 10.2. The highest BCUT2D eigenvalue weighted by Crippen LogP contribution is 2.31. The molecular weight excluding hydrogens is 332 g/mol. The van der Waals surface area contributed by atoms with E-state index in [1.54, 1.807) is 21.6 Å². The van der Waals surface area contributed by atoms with Crippen LogP contribution in [0, 0.1) is 0 Å². The second-order valence-electron chi connectivity index (χ2n) is 4.52. The monoisotopic (exact) mass is 352 g/mol. The Morgan fingerprint density at radius 2 is 1.68 bits per heavy atom. The molecule has 0 radical (unpaired) electrons. The van der Waals surface area contributed by atoms with Crippen LogP contribution in [0.2, 0.25) is 0 Å². The van der Waals surface area contributed by atoms with E-state index in [1.807, 2.05) is 48.5 Å². The molecule has 0 spiro atoms. The van der Waals surface area contributed by atoms with Crippen LogP contribution in [-0.4, -0.2) is 15.4 Å². The molecule has 0 aliphatic carbocycles. The molecule has 0 aliphatic rings. The van der Waals surface area contributed by atoms with Gasteiger partial charge in [-0.25, -0.2) is 0 Å². The van der Waals surface area contributed by atoms with Gasteiger partial charge in [-0.1, -0.05) is 70.1 Å². The van der Waals surface area contributed by atoms with Gasteiger partial charge in [0.2, 0.25) is 0 Å². The van der Waals surface area contributed by atoms with Crippen molar-refractivity contribution in [2.45, 2.75) is 16.4 Å². The minimum atomic E-state index is -0.870. The average molecular weight is 353 g/mol. The highest BCUT2D eigenvalue weighted by molar-refractivity contribution is 8.76. The Kier molecular flexibility index (Phi) is 9.24. The Morgan fingerprint density at radius 3 is 2.41 bits per heavy atom. The molecule has 0 aromatic heterocycles. The molecule has 0 bridgehead atoms. The number of rotatable bonds is 8. The van der Waals surface area contributed by atoms with Crippen LogP contribution in [0.5, 0.6) is 0 Å². The molecule has 1 unspecified atom stereocenters. The Balaban J connectivity index is 0.00000242. The predicted molar refractivity (Wildman–Crippen MR) is 101 cm³/mol. The van der Waals surface area contributed by atoms with Gasteiger partial charge in [-0.15, -0.1) is 6.58 Å². The average Bonchev–Trinajstić information content (AvgIpc) is 2.49. The van der Waals surface area contributed by atoms with Crippen LogP contribution in [0.3, 0.4) is 0 Å². The summed E-state index contributed by atoms with van der Waals surface area (Å²) in [6, 6.07) is 18.3. The van der Waals surface area contributed by atoms with Crippen molar-refractivity contribution >= 4 is 32.4 Å². The van der Waals surface area contributed by atoms with Gasteiger partial charge >= 0.3 is 0 Å². The maximum absolute atomic E-state index is 12.2. The Bertz CT molecular complexity index is 600. The predicted octanol–water partition coefficient (Wildman–Crippen LogP) is 4.24. The van der Waals surface area contributed by atoms with Crippen LogP contribution in [0.25, 0.3) is 0 Å². The second-order valence-corrected chi connectivity index (χ2v) is 8.39. The maximum Gasteiger partial charge on any atom is 0.0489 e. The van der Waals surface area contributed by atoms with Crippen LogP contribution in [0.4, 0.5) is 0 Å². The molecular formula is C17H20O2S3. The normalized spacial score (nSPS) is 11.5. The van der Waals surface area contributed by atoms with Gasteiger partial charge in [-0.2, -0.15) is 0 Å². The molecule has 0 fully saturated rings. The Labute approximate surface area is 142 Å². The van der Waals surface area contributed by atoms with Crippen LogP contribution >= 0.6 is 21.6 Å². The highest BCUT2D eigenvalue weighted by Gasteiger charge is 2.04. The van der Waals surface area contributed by atoms with Gasteiger partial charge in [-0.3, -0.25) is 4.21 Å². The molecule has 0 saturated heterocycles. The molecule has 0 amide bonds. The van der Waals surface area contributed by atoms with Crippen molar-refractivity contribution in [3.63, 3.8) is 0 Å². The SMILES string of the molecule is C=CCSSc1cccc(CS(=O)Cc2ccccc2)c1.O. The quantitative estimate of drug-likeness (QED) is 0.406. The van der Waals surface area contributed by atoms with Gasteiger partial charge in [0.1, 0.15) is 0 Å². The van der Waals surface area contributed by atoms with E-state index in [1.165, 1.54) is 4.90 Å². The summed E-state index contributed by atoms with van der Waals surface area (Å²) in [4.78, 5) is 1.20. The Morgan fingerprint density at radius 1 is 1.00 bits per heavy atom. The summed E-state index contributed by atoms with van der Waals surface area (Å²) in [7, 11) is 2.63. The van der Waals surface area contributed by atoms with Gasteiger partial charge in [-0.05, 0) is 23.3 Å². The second kappa shape index (κ2) is 10.7. The van der Waals surface area contributed by atoms with Gasteiger partial charge in [0.25, 0.3) is 0 Å². The maximum atomic E-state index is 12.2. The summed E-state index contributed by atoms with van der Waals surface area (Å²) in [5.41, 5.74) is 2.26. The number of hydrogen-bond donors (Lipinski definition) is 0. The van der Waals surface area contributed by atoms with Crippen LogP contribution in [0.15, 0.2) is 72.1 Å². The third-order valence-electron chi connectivity index (χ3n) is 2.74. The van der Waals surface area contributed by atoms with Gasteiger partial charge in [0.15, 0.2) is 0 Å². The highest BCUT2D eigenvalue weighted by atomic mass is 33.1. The first-order chi connectivity index (χ1) is 10.3. The molecule has 0 saturated carbocycles. The van der Waals surface area contributed by atoms with E-state index in [9.17, 15) is 4.21 Å². The van der Waals surface area contributed by atoms with E-state index in [0.29, 0.717) is 11.5 Å². The molecule has 2 N–H and O–H groups in total. The number of hydrogen-bond acceptors (Lipinski definition) is 3. The summed E-state index contributed by atoms with van der Waals surface area (Å²) < 4.78 is 12.2. The third-order valence-corrected chi connectivity index (χ3v) is 6.32. The van der Waals surface area contributed by atoms with E-state index >= 15 is 0 Å². The molecule has 22 heavy (non-hydrogen) atoms. The van der Waals surface area contributed by atoms with Crippen molar-refractivity contribution in [3.8, 4) is 0 Å². The van der Waals surface area contributed by atoms with E-state index in [-0.39, 0.29) is 5.48 Å². The van der Waals surface area contributed by atoms with Gasteiger partial charge in [0, 0.05) is 33.0 Å².